The van der Waals surface area contributed by atoms with Crippen molar-refractivity contribution in [3.05, 3.63) is 28.2 Å². The summed E-state index contributed by atoms with van der Waals surface area (Å²) in [6.45, 7) is 8.05. The largest absolute Gasteiger partial charge is 0.496 e. The van der Waals surface area contributed by atoms with E-state index in [1.54, 1.807) is 7.11 Å². The summed E-state index contributed by atoms with van der Waals surface area (Å²) in [5.41, 5.74) is 6.41. The Bertz CT molecular complexity index is 491. The normalized spacial score (nSPS) is 21.9. The van der Waals surface area contributed by atoms with Gasteiger partial charge in [0, 0.05) is 10.0 Å². The summed E-state index contributed by atoms with van der Waals surface area (Å²) in [5.74, 6) is 0.320. The van der Waals surface area contributed by atoms with Crippen molar-refractivity contribution >= 4 is 23.0 Å². The lowest BCUT2D eigenvalue weighted by Gasteiger charge is -2.32. The number of halogens is 1. The quantitative estimate of drug-likeness (QED) is 0.858. The number of rotatable bonds is 3. The monoisotopic (exact) mass is 341 g/mol. The minimum Gasteiger partial charge on any atom is -0.496 e. The van der Waals surface area contributed by atoms with E-state index in [1.165, 1.54) is 0 Å². The molecule has 1 unspecified atom stereocenters. The molecule has 1 saturated heterocycles. The van der Waals surface area contributed by atoms with E-state index < -0.39 is 24.3 Å². The van der Waals surface area contributed by atoms with Gasteiger partial charge < -0.3 is 19.8 Å². The van der Waals surface area contributed by atoms with Gasteiger partial charge in [0.25, 0.3) is 0 Å². The summed E-state index contributed by atoms with van der Waals surface area (Å²) >= 11 is 3.42. The van der Waals surface area contributed by atoms with Gasteiger partial charge >= 0.3 is 7.12 Å². The molecule has 0 radical (unpaired) electrons. The molecule has 1 aromatic carbocycles. The standard InChI is InChI=1S/C14H21BBrNO3/c1-13(2)14(3,4)20-15(19-13)12(17)10-7-6-9(16)8-11(10)18-5/h6-8,12H,17H2,1-5H3. The molecular weight excluding hydrogens is 321 g/mol. The summed E-state index contributed by atoms with van der Waals surface area (Å²) in [5, 5.41) is 0. The number of ether oxygens (including phenoxy) is 1. The smallest absolute Gasteiger partial charge is 0.480 e. The van der Waals surface area contributed by atoms with E-state index in [4.69, 9.17) is 19.8 Å². The Hall–Kier alpha value is -0.555. The molecule has 110 valence electrons. The van der Waals surface area contributed by atoms with Crippen LogP contribution in [-0.4, -0.2) is 25.4 Å². The minimum absolute atomic E-state index is 0.391. The van der Waals surface area contributed by atoms with Crippen molar-refractivity contribution in [3.8, 4) is 5.75 Å². The fourth-order valence-corrected chi connectivity index (χ4v) is 2.48. The molecule has 2 rings (SSSR count). The average molecular weight is 342 g/mol. The van der Waals surface area contributed by atoms with Gasteiger partial charge in [0.2, 0.25) is 0 Å². The third-order valence-corrected chi connectivity index (χ3v) is 4.61. The Morgan fingerprint density at radius 2 is 1.75 bits per heavy atom. The van der Waals surface area contributed by atoms with Gasteiger partial charge in [-0.15, -0.1) is 0 Å². The zero-order valence-electron chi connectivity index (χ0n) is 12.6. The van der Waals surface area contributed by atoms with Gasteiger partial charge in [-0.05, 0) is 39.8 Å². The van der Waals surface area contributed by atoms with Gasteiger partial charge in [-0.3, -0.25) is 0 Å². The molecule has 1 aliphatic rings. The first-order chi connectivity index (χ1) is 9.18. The Balaban J connectivity index is 2.27. The van der Waals surface area contributed by atoms with E-state index in [1.807, 2.05) is 45.9 Å². The lowest BCUT2D eigenvalue weighted by Crippen LogP contribution is -2.41. The highest BCUT2D eigenvalue weighted by Crippen LogP contribution is 2.41. The predicted octanol–water partition coefficient (Wildman–Crippen LogP) is 3.09. The molecule has 6 heteroatoms. The molecule has 1 aromatic rings. The number of nitrogens with two attached hydrogens (primary N) is 1. The first kappa shape index (κ1) is 15.8. The van der Waals surface area contributed by atoms with Gasteiger partial charge in [0.1, 0.15) is 5.75 Å². The van der Waals surface area contributed by atoms with E-state index in [0.29, 0.717) is 0 Å². The third kappa shape index (κ3) is 2.75. The van der Waals surface area contributed by atoms with Crippen LogP contribution in [0.4, 0.5) is 0 Å². The highest BCUT2D eigenvalue weighted by molar-refractivity contribution is 9.10. The molecule has 1 aliphatic heterocycles. The van der Waals surface area contributed by atoms with Crippen LogP contribution in [0.2, 0.25) is 0 Å². The number of benzene rings is 1. The van der Waals surface area contributed by atoms with Gasteiger partial charge in [-0.1, -0.05) is 22.0 Å². The van der Waals surface area contributed by atoms with Crippen LogP contribution in [0, 0.1) is 0 Å². The van der Waals surface area contributed by atoms with E-state index in [9.17, 15) is 0 Å². The van der Waals surface area contributed by atoms with Crippen LogP contribution in [-0.2, 0) is 9.31 Å². The second-order valence-corrected chi connectivity index (χ2v) is 6.95. The molecule has 1 heterocycles. The Morgan fingerprint density at radius 1 is 1.20 bits per heavy atom. The van der Waals surface area contributed by atoms with Gasteiger partial charge in [0.15, 0.2) is 0 Å². The van der Waals surface area contributed by atoms with E-state index in [-0.39, 0.29) is 0 Å². The Morgan fingerprint density at radius 3 is 2.25 bits per heavy atom. The van der Waals surface area contributed by atoms with Crippen molar-refractivity contribution < 1.29 is 14.0 Å². The zero-order chi connectivity index (χ0) is 15.1. The van der Waals surface area contributed by atoms with Crippen molar-refractivity contribution in [2.75, 3.05) is 7.11 Å². The van der Waals surface area contributed by atoms with E-state index >= 15 is 0 Å². The number of methoxy groups -OCH3 is 1. The summed E-state index contributed by atoms with van der Waals surface area (Å²) in [6, 6.07) is 5.75. The lowest BCUT2D eigenvalue weighted by molar-refractivity contribution is 0.00578. The first-order valence-corrected chi connectivity index (χ1v) is 7.42. The summed E-state index contributed by atoms with van der Waals surface area (Å²) in [7, 11) is 1.14. The number of hydrogen-bond acceptors (Lipinski definition) is 4. The highest BCUT2D eigenvalue weighted by Gasteiger charge is 2.53. The molecule has 4 nitrogen and oxygen atoms in total. The van der Waals surface area contributed by atoms with Crippen molar-refractivity contribution in [2.24, 2.45) is 5.73 Å². The van der Waals surface area contributed by atoms with Crippen LogP contribution in [0.3, 0.4) is 0 Å². The summed E-state index contributed by atoms with van der Waals surface area (Å²) in [4.78, 5) is 0. The maximum atomic E-state index is 6.32. The molecule has 0 saturated carbocycles. The van der Waals surface area contributed by atoms with E-state index in [0.717, 1.165) is 15.8 Å². The Kier molecular flexibility index (Phi) is 4.22. The van der Waals surface area contributed by atoms with Gasteiger partial charge in [0.05, 0.1) is 24.3 Å². The molecule has 20 heavy (non-hydrogen) atoms. The highest BCUT2D eigenvalue weighted by atomic mass is 79.9. The second kappa shape index (κ2) is 5.33. The van der Waals surface area contributed by atoms with Crippen LogP contribution in [0.25, 0.3) is 0 Å². The summed E-state index contributed by atoms with van der Waals surface area (Å²) in [6.07, 6.45) is 0. The Labute approximate surface area is 129 Å². The van der Waals surface area contributed by atoms with Crippen LogP contribution in [0.5, 0.6) is 5.75 Å². The fourth-order valence-electron chi connectivity index (χ4n) is 2.14. The molecule has 2 N–H and O–H groups in total. The van der Waals surface area contributed by atoms with Crippen LogP contribution >= 0.6 is 15.9 Å². The van der Waals surface area contributed by atoms with Crippen molar-refractivity contribution in [2.45, 2.75) is 44.8 Å². The van der Waals surface area contributed by atoms with Gasteiger partial charge in [-0.2, -0.15) is 0 Å². The van der Waals surface area contributed by atoms with Crippen molar-refractivity contribution in [3.63, 3.8) is 0 Å². The average Bonchev–Trinajstić information content (AvgIpc) is 2.57. The van der Waals surface area contributed by atoms with Crippen molar-refractivity contribution in [1.29, 1.82) is 0 Å². The van der Waals surface area contributed by atoms with Gasteiger partial charge in [-0.25, -0.2) is 0 Å². The predicted molar refractivity (Wildman–Crippen MR) is 83.7 cm³/mol. The lowest BCUT2D eigenvalue weighted by atomic mass is 9.74. The zero-order valence-corrected chi connectivity index (χ0v) is 14.2. The second-order valence-electron chi connectivity index (χ2n) is 6.04. The summed E-state index contributed by atoms with van der Waals surface area (Å²) < 4.78 is 18.3. The van der Waals surface area contributed by atoms with Crippen molar-refractivity contribution in [1.82, 2.24) is 0 Å². The first-order valence-electron chi connectivity index (χ1n) is 6.62. The molecule has 0 spiro atoms. The molecule has 0 aliphatic carbocycles. The topological polar surface area (TPSA) is 53.7 Å². The third-order valence-electron chi connectivity index (χ3n) is 4.12. The minimum atomic E-state index is -0.491. The SMILES string of the molecule is COc1cc(Br)ccc1C(N)B1OC(C)(C)C(C)(C)O1. The van der Waals surface area contributed by atoms with Crippen LogP contribution in [0.15, 0.2) is 22.7 Å². The van der Waals surface area contributed by atoms with Crippen LogP contribution < -0.4 is 10.5 Å². The molecular formula is C14H21BBrNO3. The maximum Gasteiger partial charge on any atom is 0.480 e. The maximum absolute atomic E-state index is 6.32. The molecule has 0 aromatic heterocycles. The fraction of sp³-hybridized carbons (Fsp3) is 0.571. The molecule has 0 bridgehead atoms. The van der Waals surface area contributed by atoms with Crippen LogP contribution in [0.1, 0.15) is 39.2 Å². The molecule has 0 amide bonds. The molecule has 1 atom stereocenters. The van der Waals surface area contributed by atoms with E-state index in [2.05, 4.69) is 15.9 Å². The molecule has 1 fully saturated rings. The number of hydrogen-bond donors (Lipinski definition) is 1.